The number of pyridine rings is 1. The van der Waals surface area contributed by atoms with Crippen LogP contribution in [0.3, 0.4) is 0 Å². The van der Waals surface area contributed by atoms with Crippen LogP contribution in [0, 0.1) is 6.92 Å². The molecule has 0 bridgehead atoms. The van der Waals surface area contributed by atoms with Crippen LogP contribution in [-0.4, -0.2) is 24.1 Å². The Hall–Kier alpha value is -2.88. The number of carbonyl (C=O) groups excluding carboxylic acids is 1. The molecule has 0 saturated heterocycles. The molecule has 4 nitrogen and oxygen atoms in total. The zero-order valence-corrected chi connectivity index (χ0v) is 13.9. The second-order valence-corrected chi connectivity index (χ2v) is 5.60. The number of nitrogens with zero attached hydrogens (tertiary/aromatic N) is 1. The van der Waals surface area contributed by atoms with E-state index in [0.29, 0.717) is 12.4 Å². The van der Waals surface area contributed by atoms with Crippen LogP contribution in [0.1, 0.15) is 12.5 Å². The molecule has 0 aliphatic carbocycles. The fourth-order valence-corrected chi connectivity index (χ4v) is 2.57. The molecule has 24 heavy (non-hydrogen) atoms. The molecule has 0 atom stereocenters. The lowest BCUT2D eigenvalue weighted by molar-refractivity contribution is -0.140. The Morgan fingerprint density at radius 1 is 1.12 bits per heavy atom. The molecule has 0 radical (unpaired) electrons. The molecule has 3 rings (SSSR count). The molecule has 0 fully saturated rings. The van der Waals surface area contributed by atoms with E-state index in [1.807, 2.05) is 24.3 Å². The third-order valence-electron chi connectivity index (χ3n) is 3.79. The molecule has 2 aromatic carbocycles. The maximum atomic E-state index is 11.6. The maximum Gasteiger partial charge on any atom is 0.325 e. The first-order valence-electron chi connectivity index (χ1n) is 8.03. The van der Waals surface area contributed by atoms with Crippen molar-refractivity contribution in [1.29, 1.82) is 0 Å². The van der Waals surface area contributed by atoms with E-state index in [0.717, 1.165) is 22.0 Å². The van der Waals surface area contributed by atoms with Crippen molar-refractivity contribution in [3.8, 4) is 11.3 Å². The van der Waals surface area contributed by atoms with Gasteiger partial charge in [0.15, 0.2) is 0 Å². The molecule has 0 saturated carbocycles. The normalized spacial score (nSPS) is 10.6. The van der Waals surface area contributed by atoms with E-state index in [4.69, 9.17) is 9.72 Å². The first-order valence-corrected chi connectivity index (χ1v) is 8.03. The predicted octanol–water partition coefficient (Wildman–Crippen LogP) is 4.19. The average Bonchev–Trinajstić information content (AvgIpc) is 2.60. The SMILES string of the molecule is CCOC(=O)CNc1nc(-c2ccc(C)cc2)cc2ccccc12. The minimum Gasteiger partial charge on any atom is -0.465 e. The molecule has 0 aliphatic heterocycles. The van der Waals surface area contributed by atoms with Crippen molar-refractivity contribution in [1.82, 2.24) is 4.98 Å². The number of aryl methyl sites for hydroxylation is 1. The van der Waals surface area contributed by atoms with Crippen LogP contribution < -0.4 is 5.32 Å². The first-order chi connectivity index (χ1) is 11.7. The van der Waals surface area contributed by atoms with E-state index in [2.05, 4.69) is 42.6 Å². The van der Waals surface area contributed by atoms with E-state index in [-0.39, 0.29) is 12.5 Å². The highest BCUT2D eigenvalue weighted by molar-refractivity contribution is 5.95. The molecule has 3 aromatic rings. The summed E-state index contributed by atoms with van der Waals surface area (Å²) >= 11 is 0. The number of nitrogens with one attached hydrogen (secondary N) is 1. The molecule has 4 heteroatoms. The minimum atomic E-state index is -0.288. The Labute approximate surface area is 141 Å². The van der Waals surface area contributed by atoms with Crippen molar-refractivity contribution in [3.05, 3.63) is 60.2 Å². The molecule has 1 N–H and O–H groups in total. The summed E-state index contributed by atoms with van der Waals surface area (Å²) in [6.07, 6.45) is 0. The Balaban J connectivity index is 1.99. The van der Waals surface area contributed by atoms with Crippen LogP contribution in [0.15, 0.2) is 54.6 Å². The summed E-state index contributed by atoms with van der Waals surface area (Å²) in [6.45, 7) is 4.33. The van der Waals surface area contributed by atoms with Crippen molar-refractivity contribution < 1.29 is 9.53 Å². The van der Waals surface area contributed by atoms with Gasteiger partial charge in [-0.2, -0.15) is 0 Å². The van der Waals surface area contributed by atoms with Gasteiger partial charge in [-0.25, -0.2) is 4.98 Å². The van der Waals surface area contributed by atoms with Crippen LogP contribution >= 0.6 is 0 Å². The highest BCUT2D eigenvalue weighted by atomic mass is 16.5. The summed E-state index contributed by atoms with van der Waals surface area (Å²) in [5.74, 6) is 0.404. The number of hydrogen-bond donors (Lipinski definition) is 1. The smallest absolute Gasteiger partial charge is 0.325 e. The van der Waals surface area contributed by atoms with Crippen molar-refractivity contribution in [2.24, 2.45) is 0 Å². The Bertz CT molecular complexity index is 857. The van der Waals surface area contributed by atoms with E-state index in [9.17, 15) is 4.79 Å². The van der Waals surface area contributed by atoms with Gasteiger partial charge < -0.3 is 10.1 Å². The van der Waals surface area contributed by atoms with Crippen molar-refractivity contribution in [2.45, 2.75) is 13.8 Å². The fourth-order valence-electron chi connectivity index (χ4n) is 2.57. The zero-order valence-electron chi connectivity index (χ0n) is 13.9. The quantitative estimate of drug-likeness (QED) is 0.716. The van der Waals surface area contributed by atoms with Crippen LogP contribution in [-0.2, 0) is 9.53 Å². The molecule has 0 unspecified atom stereocenters. The van der Waals surface area contributed by atoms with Crippen LogP contribution in [0.5, 0.6) is 0 Å². The largest absolute Gasteiger partial charge is 0.465 e. The van der Waals surface area contributed by atoms with E-state index < -0.39 is 0 Å². The Morgan fingerprint density at radius 3 is 2.62 bits per heavy atom. The molecule has 0 amide bonds. The fraction of sp³-hybridized carbons (Fsp3) is 0.200. The topological polar surface area (TPSA) is 51.2 Å². The Morgan fingerprint density at radius 2 is 1.88 bits per heavy atom. The van der Waals surface area contributed by atoms with Gasteiger partial charge in [0.1, 0.15) is 12.4 Å². The number of fused-ring (bicyclic) bond motifs is 1. The van der Waals surface area contributed by atoms with E-state index >= 15 is 0 Å². The summed E-state index contributed by atoms with van der Waals surface area (Å²) in [5, 5.41) is 5.17. The third-order valence-corrected chi connectivity index (χ3v) is 3.79. The van der Waals surface area contributed by atoms with Gasteiger partial charge in [0.2, 0.25) is 0 Å². The minimum absolute atomic E-state index is 0.0994. The number of hydrogen-bond acceptors (Lipinski definition) is 4. The zero-order chi connectivity index (χ0) is 16.9. The van der Waals surface area contributed by atoms with Gasteiger partial charge in [-0.05, 0) is 25.3 Å². The van der Waals surface area contributed by atoms with Gasteiger partial charge >= 0.3 is 5.97 Å². The van der Waals surface area contributed by atoms with Crippen LogP contribution in [0.2, 0.25) is 0 Å². The molecular formula is C20H20N2O2. The molecular weight excluding hydrogens is 300 g/mol. The van der Waals surface area contributed by atoms with E-state index in [1.54, 1.807) is 6.92 Å². The van der Waals surface area contributed by atoms with Gasteiger partial charge in [0.25, 0.3) is 0 Å². The number of benzene rings is 2. The van der Waals surface area contributed by atoms with E-state index in [1.165, 1.54) is 5.56 Å². The number of aromatic nitrogens is 1. The summed E-state index contributed by atoms with van der Waals surface area (Å²) in [6, 6.07) is 18.3. The average molecular weight is 320 g/mol. The Kier molecular flexibility index (Phi) is 4.75. The molecule has 1 aromatic heterocycles. The third kappa shape index (κ3) is 3.54. The summed E-state index contributed by atoms with van der Waals surface area (Å²) in [7, 11) is 0. The predicted molar refractivity (Wildman–Crippen MR) is 97.0 cm³/mol. The van der Waals surface area contributed by atoms with Gasteiger partial charge in [-0.15, -0.1) is 0 Å². The summed E-state index contributed by atoms with van der Waals surface area (Å²) in [4.78, 5) is 16.3. The van der Waals surface area contributed by atoms with Gasteiger partial charge in [0.05, 0.1) is 12.3 Å². The number of anilines is 1. The molecule has 1 heterocycles. The number of rotatable bonds is 5. The second-order valence-electron chi connectivity index (χ2n) is 5.60. The lowest BCUT2D eigenvalue weighted by Gasteiger charge is -2.11. The molecule has 122 valence electrons. The van der Waals surface area contributed by atoms with Crippen LogP contribution in [0.25, 0.3) is 22.0 Å². The lowest BCUT2D eigenvalue weighted by atomic mass is 10.1. The van der Waals surface area contributed by atoms with Gasteiger partial charge in [0, 0.05) is 10.9 Å². The van der Waals surface area contributed by atoms with Crippen molar-refractivity contribution in [2.75, 3.05) is 18.5 Å². The highest BCUT2D eigenvalue weighted by Crippen LogP contribution is 2.27. The van der Waals surface area contributed by atoms with Gasteiger partial charge in [-0.1, -0.05) is 54.1 Å². The molecule has 0 aliphatic rings. The van der Waals surface area contributed by atoms with Gasteiger partial charge in [-0.3, -0.25) is 4.79 Å². The highest BCUT2D eigenvalue weighted by Gasteiger charge is 2.09. The molecule has 0 spiro atoms. The summed E-state index contributed by atoms with van der Waals surface area (Å²) in [5.41, 5.74) is 3.13. The number of ether oxygens (including phenoxy) is 1. The lowest BCUT2D eigenvalue weighted by Crippen LogP contribution is -2.17. The van der Waals surface area contributed by atoms with Crippen LogP contribution in [0.4, 0.5) is 5.82 Å². The number of esters is 1. The first kappa shape index (κ1) is 16.0. The summed E-state index contributed by atoms with van der Waals surface area (Å²) < 4.78 is 4.97. The van der Waals surface area contributed by atoms with Crippen molar-refractivity contribution >= 4 is 22.6 Å². The monoisotopic (exact) mass is 320 g/mol. The number of carbonyl (C=O) groups is 1. The maximum absolute atomic E-state index is 11.6. The standard InChI is InChI=1S/C20H20N2O2/c1-3-24-19(23)13-21-20-17-7-5-4-6-16(17)12-18(22-20)15-10-8-14(2)9-11-15/h4-12H,3,13H2,1-2H3,(H,21,22). The van der Waals surface area contributed by atoms with Crippen molar-refractivity contribution in [3.63, 3.8) is 0 Å². The second kappa shape index (κ2) is 7.13.